The second-order valence-electron chi connectivity index (χ2n) is 4.10. The maximum absolute atomic E-state index is 8.88. The van der Waals surface area contributed by atoms with E-state index in [0.717, 1.165) is 28.9 Å². The largest absolute Gasteiger partial charge is 0.472 e. The van der Waals surface area contributed by atoms with Crippen molar-refractivity contribution >= 4 is 5.69 Å². The van der Waals surface area contributed by atoms with Gasteiger partial charge in [0.2, 0.25) is 0 Å². The predicted molar refractivity (Wildman–Crippen MR) is 66.7 cm³/mol. The Kier molecular flexibility index (Phi) is 3.15. The highest BCUT2D eigenvalue weighted by atomic mass is 16.3. The lowest BCUT2D eigenvalue weighted by molar-refractivity contribution is 0.563. The van der Waals surface area contributed by atoms with Crippen molar-refractivity contribution in [3.8, 4) is 6.07 Å². The summed E-state index contributed by atoms with van der Waals surface area (Å²) in [6.07, 6.45) is 3.42. The third-order valence-corrected chi connectivity index (χ3v) is 2.77. The Balaban J connectivity index is 2.17. The van der Waals surface area contributed by atoms with Gasteiger partial charge in [0.15, 0.2) is 0 Å². The quantitative estimate of drug-likeness (QED) is 0.807. The Morgan fingerprint density at radius 1 is 1.35 bits per heavy atom. The molecule has 17 heavy (non-hydrogen) atoms. The van der Waals surface area contributed by atoms with E-state index < -0.39 is 0 Å². The Bertz CT molecular complexity index is 538. The lowest BCUT2D eigenvalue weighted by Gasteiger charge is -2.19. The van der Waals surface area contributed by atoms with Crippen LogP contribution in [0.1, 0.15) is 16.7 Å². The standard InChI is InChI=1S/C14H14N2O/c1-11-7-14(4-3-13(11)8-15)16(2)9-12-5-6-17-10-12/h3-7,10H,9H2,1-2H3. The van der Waals surface area contributed by atoms with Gasteiger partial charge in [-0.05, 0) is 36.8 Å². The number of rotatable bonds is 3. The minimum Gasteiger partial charge on any atom is -0.472 e. The average Bonchev–Trinajstić information content (AvgIpc) is 2.81. The van der Waals surface area contributed by atoms with Gasteiger partial charge in [-0.25, -0.2) is 0 Å². The molecule has 2 rings (SSSR count). The molecule has 0 atom stereocenters. The highest BCUT2D eigenvalue weighted by molar-refractivity contribution is 5.53. The second-order valence-corrected chi connectivity index (χ2v) is 4.10. The fourth-order valence-electron chi connectivity index (χ4n) is 1.76. The molecule has 2 aromatic rings. The first-order chi connectivity index (χ1) is 8.20. The molecule has 86 valence electrons. The number of benzene rings is 1. The first-order valence-corrected chi connectivity index (χ1v) is 5.43. The van der Waals surface area contributed by atoms with Crippen molar-refractivity contribution in [2.45, 2.75) is 13.5 Å². The van der Waals surface area contributed by atoms with Crippen molar-refractivity contribution in [3.05, 3.63) is 53.5 Å². The molecule has 0 N–H and O–H groups in total. The van der Waals surface area contributed by atoms with Crippen LogP contribution in [0, 0.1) is 18.3 Å². The first-order valence-electron chi connectivity index (χ1n) is 5.43. The fourth-order valence-corrected chi connectivity index (χ4v) is 1.76. The van der Waals surface area contributed by atoms with Gasteiger partial charge < -0.3 is 9.32 Å². The second kappa shape index (κ2) is 4.75. The molecule has 0 aliphatic carbocycles. The van der Waals surface area contributed by atoms with Gasteiger partial charge in [0.1, 0.15) is 0 Å². The van der Waals surface area contributed by atoms with Crippen LogP contribution in [0.2, 0.25) is 0 Å². The predicted octanol–water partition coefficient (Wildman–Crippen LogP) is 3.10. The van der Waals surface area contributed by atoms with Gasteiger partial charge >= 0.3 is 0 Å². The zero-order valence-corrected chi connectivity index (χ0v) is 9.97. The molecule has 3 heteroatoms. The van der Waals surface area contributed by atoms with E-state index in [9.17, 15) is 0 Å². The SMILES string of the molecule is Cc1cc(N(C)Cc2ccoc2)ccc1C#N. The van der Waals surface area contributed by atoms with E-state index in [1.54, 1.807) is 12.5 Å². The van der Waals surface area contributed by atoms with Crippen LogP contribution in [0.5, 0.6) is 0 Å². The number of furan rings is 1. The highest BCUT2D eigenvalue weighted by Crippen LogP contribution is 2.19. The van der Waals surface area contributed by atoms with Crippen LogP contribution in [0.4, 0.5) is 5.69 Å². The number of aryl methyl sites for hydroxylation is 1. The average molecular weight is 226 g/mol. The summed E-state index contributed by atoms with van der Waals surface area (Å²) < 4.78 is 5.04. The number of hydrogen-bond acceptors (Lipinski definition) is 3. The number of nitrogens with zero attached hydrogens (tertiary/aromatic N) is 2. The van der Waals surface area contributed by atoms with Crippen LogP contribution >= 0.6 is 0 Å². The summed E-state index contributed by atoms with van der Waals surface area (Å²) in [7, 11) is 2.02. The minimum atomic E-state index is 0.727. The number of nitriles is 1. The summed E-state index contributed by atoms with van der Waals surface area (Å²) in [5.74, 6) is 0. The van der Waals surface area contributed by atoms with Crippen molar-refractivity contribution in [3.63, 3.8) is 0 Å². The zero-order valence-electron chi connectivity index (χ0n) is 9.97. The molecule has 0 saturated heterocycles. The van der Waals surface area contributed by atoms with Gasteiger partial charge in [-0.2, -0.15) is 5.26 Å². The highest BCUT2D eigenvalue weighted by Gasteiger charge is 2.05. The molecule has 1 heterocycles. The maximum atomic E-state index is 8.88. The molecular formula is C14H14N2O. The van der Waals surface area contributed by atoms with Crippen molar-refractivity contribution in [2.75, 3.05) is 11.9 Å². The molecule has 0 radical (unpaired) electrons. The molecule has 0 fully saturated rings. The summed E-state index contributed by atoms with van der Waals surface area (Å²) in [6.45, 7) is 2.75. The molecule has 1 aromatic heterocycles. The molecule has 3 nitrogen and oxygen atoms in total. The summed E-state index contributed by atoms with van der Waals surface area (Å²) in [5.41, 5.74) is 3.96. The topological polar surface area (TPSA) is 40.2 Å². The van der Waals surface area contributed by atoms with Crippen LogP contribution in [0.3, 0.4) is 0 Å². The van der Waals surface area contributed by atoms with E-state index in [-0.39, 0.29) is 0 Å². The van der Waals surface area contributed by atoms with E-state index >= 15 is 0 Å². The molecule has 0 bridgehead atoms. The van der Waals surface area contributed by atoms with E-state index in [1.165, 1.54) is 0 Å². The molecule has 0 aliphatic rings. The van der Waals surface area contributed by atoms with Crippen molar-refractivity contribution in [2.24, 2.45) is 0 Å². The Hall–Kier alpha value is -2.21. The number of anilines is 1. The van der Waals surface area contributed by atoms with Crippen LogP contribution < -0.4 is 4.90 Å². The van der Waals surface area contributed by atoms with E-state index in [4.69, 9.17) is 9.68 Å². The van der Waals surface area contributed by atoms with Gasteiger partial charge in [-0.3, -0.25) is 0 Å². The number of hydrogen-bond donors (Lipinski definition) is 0. The zero-order chi connectivity index (χ0) is 12.3. The Morgan fingerprint density at radius 3 is 2.76 bits per heavy atom. The van der Waals surface area contributed by atoms with E-state index in [0.29, 0.717) is 0 Å². The minimum absolute atomic E-state index is 0.727. The summed E-state index contributed by atoms with van der Waals surface area (Å²) in [6, 6.07) is 9.97. The van der Waals surface area contributed by atoms with Crippen LogP contribution in [0.25, 0.3) is 0 Å². The summed E-state index contributed by atoms with van der Waals surface area (Å²) in [4.78, 5) is 2.12. The maximum Gasteiger partial charge on any atom is 0.0994 e. The first kappa shape index (κ1) is 11.3. The summed E-state index contributed by atoms with van der Waals surface area (Å²) >= 11 is 0. The molecular weight excluding hydrogens is 212 g/mol. The Labute approximate surface area is 101 Å². The third kappa shape index (κ3) is 2.48. The normalized spacial score (nSPS) is 9.94. The molecule has 1 aromatic carbocycles. The molecule has 0 amide bonds. The molecule has 0 spiro atoms. The van der Waals surface area contributed by atoms with Crippen LogP contribution in [-0.4, -0.2) is 7.05 Å². The van der Waals surface area contributed by atoms with Gasteiger partial charge in [-0.1, -0.05) is 0 Å². The van der Waals surface area contributed by atoms with Gasteiger partial charge in [0, 0.05) is 24.8 Å². The lowest BCUT2D eigenvalue weighted by Crippen LogP contribution is -2.16. The van der Waals surface area contributed by atoms with Gasteiger partial charge in [0.05, 0.1) is 24.2 Å². The third-order valence-electron chi connectivity index (χ3n) is 2.77. The monoisotopic (exact) mass is 226 g/mol. The Morgan fingerprint density at radius 2 is 2.18 bits per heavy atom. The van der Waals surface area contributed by atoms with Gasteiger partial charge in [0.25, 0.3) is 0 Å². The van der Waals surface area contributed by atoms with Crippen molar-refractivity contribution < 1.29 is 4.42 Å². The smallest absolute Gasteiger partial charge is 0.0994 e. The molecule has 0 saturated carbocycles. The van der Waals surface area contributed by atoms with Crippen LogP contribution in [0.15, 0.2) is 41.2 Å². The molecule has 0 aliphatic heterocycles. The van der Waals surface area contributed by atoms with E-state index in [1.807, 2.05) is 38.2 Å². The van der Waals surface area contributed by atoms with E-state index in [2.05, 4.69) is 11.0 Å². The fraction of sp³-hybridized carbons (Fsp3) is 0.214. The van der Waals surface area contributed by atoms with Gasteiger partial charge in [-0.15, -0.1) is 0 Å². The summed E-state index contributed by atoms with van der Waals surface area (Å²) in [5, 5.41) is 8.88. The lowest BCUT2D eigenvalue weighted by atomic mass is 10.1. The van der Waals surface area contributed by atoms with Crippen molar-refractivity contribution in [1.82, 2.24) is 0 Å². The van der Waals surface area contributed by atoms with Crippen LogP contribution in [-0.2, 0) is 6.54 Å². The van der Waals surface area contributed by atoms with Crippen molar-refractivity contribution in [1.29, 1.82) is 5.26 Å². The molecule has 0 unspecified atom stereocenters.